The fraction of sp³-hybridized carbons (Fsp3) is 0.526. The number of aliphatic carboxylic acids is 1. The Labute approximate surface area is 149 Å². The molecule has 0 amide bonds. The van der Waals surface area contributed by atoms with E-state index < -0.39 is 21.9 Å². The second-order valence-corrected chi connectivity index (χ2v) is 8.82. The van der Waals surface area contributed by atoms with Crippen LogP contribution < -0.4 is 4.72 Å². The van der Waals surface area contributed by atoms with Gasteiger partial charge < -0.3 is 5.11 Å². The third kappa shape index (κ3) is 3.96. The quantitative estimate of drug-likeness (QED) is 0.695. The molecule has 3 rings (SSSR count). The van der Waals surface area contributed by atoms with Crippen molar-refractivity contribution >= 4 is 16.0 Å². The second kappa shape index (κ2) is 7.30. The van der Waals surface area contributed by atoms with Crippen LogP contribution in [-0.4, -0.2) is 25.5 Å². The lowest BCUT2D eigenvalue weighted by atomic mass is 9.82. The highest BCUT2D eigenvalue weighted by Crippen LogP contribution is 2.58. The summed E-state index contributed by atoms with van der Waals surface area (Å²) in [6, 6.07) is 7.99. The second-order valence-electron chi connectivity index (χ2n) is 7.10. The number of allylic oxidation sites excluding steroid dienone is 2. The molecule has 5 unspecified atom stereocenters. The summed E-state index contributed by atoms with van der Waals surface area (Å²) >= 11 is 0. The highest BCUT2D eigenvalue weighted by Gasteiger charge is 2.57. The van der Waals surface area contributed by atoms with Gasteiger partial charge in [-0.05, 0) is 62.5 Å². The highest BCUT2D eigenvalue weighted by molar-refractivity contribution is 7.89. The average Bonchev–Trinajstić information content (AvgIpc) is 3.25. The van der Waals surface area contributed by atoms with Gasteiger partial charge in [0.15, 0.2) is 0 Å². The van der Waals surface area contributed by atoms with Gasteiger partial charge in [-0.25, -0.2) is 13.1 Å². The van der Waals surface area contributed by atoms with Gasteiger partial charge in [0.25, 0.3) is 0 Å². The van der Waals surface area contributed by atoms with Gasteiger partial charge in [0.1, 0.15) is 0 Å². The smallest absolute Gasteiger partial charge is 0.306 e. The highest BCUT2D eigenvalue weighted by atomic mass is 32.2. The molecular formula is C19H25NO4S. The molecule has 0 spiro atoms. The maximum atomic E-state index is 12.6. The molecule has 0 heterocycles. The minimum atomic E-state index is -3.62. The van der Waals surface area contributed by atoms with Crippen LogP contribution in [0.1, 0.15) is 32.6 Å². The summed E-state index contributed by atoms with van der Waals surface area (Å²) in [5, 5.41) is 9.70. The van der Waals surface area contributed by atoms with Crippen LogP contribution in [0.3, 0.4) is 0 Å². The van der Waals surface area contributed by atoms with E-state index in [0.29, 0.717) is 24.7 Å². The predicted octanol–water partition coefficient (Wildman–Crippen LogP) is 3.05. The maximum Gasteiger partial charge on any atom is 0.306 e. The molecule has 1 aromatic rings. The molecular weight excluding hydrogens is 338 g/mol. The van der Waals surface area contributed by atoms with Gasteiger partial charge in [-0.15, -0.1) is 0 Å². The van der Waals surface area contributed by atoms with Crippen molar-refractivity contribution in [3.8, 4) is 0 Å². The van der Waals surface area contributed by atoms with Crippen molar-refractivity contribution in [2.45, 2.75) is 43.5 Å². The predicted molar refractivity (Wildman–Crippen MR) is 95.4 cm³/mol. The molecule has 0 aromatic heterocycles. The number of fused-ring (bicyclic) bond motifs is 1. The van der Waals surface area contributed by atoms with Gasteiger partial charge in [0.2, 0.25) is 10.0 Å². The van der Waals surface area contributed by atoms with E-state index in [0.717, 1.165) is 12.8 Å². The van der Waals surface area contributed by atoms with Gasteiger partial charge in [0, 0.05) is 6.04 Å². The van der Waals surface area contributed by atoms with E-state index in [1.807, 2.05) is 19.1 Å². The molecule has 0 radical (unpaired) electrons. The Bertz CT molecular complexity index is 744. The number of carbonyl (C=O) groups is 1. The summed E-state index contributed by atoms with van der Waals surface area (Å²) in [6.07, 6.45) is 6.93. The van der Waals surface area contributed by atoms with Crippen LogP contribution in [0.25, 0.3) is 0 Å². The minimum Gasteiger partial charge on any atom is -0.481 e. The maximum absolute atomic E-state index is 12.6. The zero-order chi connectivity index (χ0) is 18.0. The normalized spacial score (nSPS) is 29.5. The molecule has 5 nitrogen and oxygen atoms in total. The SMILES string of the molecule is CC=CCCC(C(=O)O)C1C(NS(=O)(=O)c2ccccc2)CC2CC21. The first-order chi connectivity index (χ1) is 11.9. The molecule has 2 aliphatic rings. The molecule has 136 valence electrons. The van der Waals surface area contributed by atoms with E-state index in [2.05, 4.69) is 4.72 Å². The number of sulfonamides is 1. The lowest BCUT2D eigenvalue weighted by molar-refractivity contribution is -0.144. The summed E-state index contributed by atoms with van der Waals surface area (Å²) in [4.78, 5) is 12.1. The number of carboxylic acid groups (broad SMARTS) is 1. The lowest BCUT2D eigenvalue weighted by Gasteiger charge is -2.28. The molecule has 2 N–H and O–H groups in total. The zero-order valence-corrected chi connectivity index (χ0v) is 15.2. The molecule has 1 aromatic carbocycles. The van der Waals surface area contributed by atoms with Gasteiger partial charge in [0.05, 0.1) is 10.8 Å². The Kier molecular flexibility index (Phi) is 5.29. The first-order valence-corrected chi connectivity index (χ1v) is 10.3. The first-order valence-electron chi connectivity index (χ1n) is 8.85. The number of nitrogens with one attached hydrogen (secondary N) is 1. The molecule has 0 bridgehead atoms. The molecule has 2 saturated carbocycles. The topological polar surface area (TPSA) is 83.5 Å². The van der Waals surface area contributed by atoms with Gasteiger partial charge >= 0.3 is 5.97 Å². The molecule has 25 heavy (non-hydrogen) atoms. The Morgan fingerprint density at radius 3 is 2.68 bits per heavy atom. The Morgan fingerprint density at radius 1 is 1.32 bits per heavy atom. The monoisotopic (exact) mass is 363 g/mol. The standard InChI is InChI=1S/C19H25NO4S/c1-2-3-5-10-15(19(21)22)18-16-11-13(16)12-17(18)20-25(23,24)14-8-6-4-7-9-14/h2-4,6-9,13,15-18,20H,5,10-12H2,1H3,(H,21,22). The summed E-state index contributed by atoms with van der Waals surface area (Å²) in [5.41, 5.74) is 0. The average molecular weight is 363 g/mol. The van der Waals surface area contributed by atoms with Crippen molar-refractivity contribution < 1.29 is 18.3 Å². The molecule has 6 heteroatoms. The van der Waals surface area contributed by atoms with Crippen LogP contribution in [0.5, 0.6) is 0 Å². The van der Waals surface area contributed by atoms with E-state index in [4.69, 9.17) is 0 Å². The fourth-order valence-corrected chi connectivity index (χ4v) is 5.59. The first kappa shape index (κ1) is 18.1. The van der Waals surface area contributed by atoms with Crippen LogP contribution in [0.2, 0.25) is 0 Å². The van der Waals surface area contributed by atoms with Crippen LogP contribution in [0.4, 0.5) is 0 Å². The van der Waals surface area contributed by atoms with Crippen LogP contribution in [-0.2, 0) is 14.8 Å². The van der Waals surface area contributed by atoms with Crippen LogP contribution in [0.15, 0.2) is 47.4 Å². The molecule has 0 saturated heterocycles. The molecule has 0 aliphatic heterocycles. The third-order valence-electron chi connectivity index (χ3n) is 5.51. The van der Waals surface area contributed by atoms with E-state index >= 15 is 0 Å². The van der Waals surface area contributed by atoms with Crippen LogP contribution >= 0.6 is 0 Å². The van der Waals surface area contributed by atoms with Crippen molar-refractivity contribution in [2.75, 3.05) is 0 Å². The van der Waals surface area contributed by atoms with Gasteiger partial charge in [-0.2, -0.15) is 0 Å². The Morgan fingerprint density at radius 2 is 2.04 bits per heavy atom. The van der Waals surface area contributed by atoms with Crippen molar-refractivity contribution in [1.29, 1.82) is 0 Å². The van der Waals surface area contributed by atoms with Crippen molar-refractivity contribution in [3.05, 3.63) is 42.5 Å². The van der Waals surface area contributed by atoms with E-state index in [1.165, 1.54) is 0 Å². The Balaban J connectivity index is 1.77. The number of hydrogen-bond donors (Lipinski definition) is 2. The number of carboxylic acids is 1. The van der Waals surface area contributed by atoms with E-state index in [9.17, 15) is 18.3 Å². The molecule has 2 aliphatic carbocycles. The van der Waals surface area contributed by atoms with E-state index in [1.54, 1.807) is 30.3 Å². The third-order valence-corrected chi connectivity index (χ3v) is 7.02. The van der Waals surface area contributed by atoms with Crippen LogP contribution in [0, 0.1) is 23.7 Å². The van der Waals surface area contributed by atoms with Gasteiger partial charge in [-0.1, -0.05) is 30.4 Å². The lowest BCUT2D eigenvalue weighted by Crippen LogP contribution is -2.43. The summed E-state index contributed by atoms with van der Waals surface area (Å²) in [5.74, 6) is -0.624. The number of hydrogen-bond acceptors (Lipinski definition) is 3. The van der Waals surface area contributed by atoms with Crippen molar-refractivity contribution in [2.24, 2.45) is 23.7 Å². The van der Waals surface area contributed by atoms with Gasteiger partial charge in [-0.3, -0.25) is 4.79 Å². The number of benzene rings is 1. The minimum absolute atomic E-state index is 0.119. The van der Waals surface area contributed by atoms with Crippen molar-refractivity contribution in [3.63, 3.8) is 0 Å². The summed E-state index contributed by atoms with van der Waals surface area (Å²) in [7, 11) is -3.62. The molecule has 5 atom stereocenters. The summed E-state index contributed by atoms with van der Waals surface area (Å²) < 4.78 is 28.1. The van der Waals surface area contributed by atoms with E-state index in [-0.39, 0.29) is 16.9 Å². The van der Waals surface area contributed by atoms with Crippen molar-refractivity contribution in [1.82, 2.24) is 4.72 Å². The molecule has 2 fully saturated rings. The summed E-state index contributed by atoms with van der Waals surface area (Å²) in [6.45, 7) is 1.92. The zero-order valence-electron chi connectivity index (χ0n) is 14.3. The Hall–Kier alpha value is -1.66. The fourth-order valence-electron chi connectivity index (χ4n) is 4.29. The number of rotatable bonds is 8. The largest absolute Gasteiger partial charge is 0.481 e.